The zero-order chi connectivity index (χ0) is 18.6. The van der Waals surface area contributed by atoms with Crippen molar-refractivity contribution in [2.24, 2.45) is 5.92 Å². The van der Waals surface area contributed by atoms with Crippen LogP contribution in [0.2, 0.25) is 0 Å². The topological polar surface area (TPSA) is 38.8 Å². The summed E-state index contributed by atoms with van der Waals surface area (Å²) in [6.45, 7) is 5.72. The normalized spacial score (nSPS) is 31.2. The van der Waals surface area contributed by atoms with Gasteiger partial charge in [0.25, 0.3) is 5.91 Å². The van der Waals surface area contributed by atoms with E-state index in [1.807, 2.05) is 24.3 Å². The SMILES string of the molecule is CC1C2Cc3ccccc3C1(C)CCN2C(=O)[C@@H]1COc2ccccc2O1. The zero-order valence-corrected chi connectivity index (χ0v) is 15.9. The van der Waals surface area contributed by atoms with E-state index in [-0.39, 0.29) is 24.0 Å². The van der Waals surface area contributed by atoms with Gasteiger partial charge in [0, 0.05) is 12.6 Å². The molecule has 4 atom stereocenters. The van der Waals surface area contributed by atoms with Crippen LogP contribution in [-0.4, -0.2) is 36.1 Å². The molecule has 1 aliphatic carbocycles. The third kappa shape index (κ3) is 2.46. The quantitative estimate of drug-likeness (QED) is 0.777. The van der Waals surface area contributed by atoms with Crippen LogP contribution in [0.3, 0.4) is 0 Å². The van der Waals surface area contributed by atoms with Gasteiger partial charge in [-0.2, -0.15) is 0 Å². The summed E-state index contributed by atoms with van der Waals surface area (Å²) in [4.78, 5) is 15.4. The highest BCUT2D eigenvalue weighted by Crippen LogP contribution is 2.48. The number of para-hydroxylation sites is 2. The van der Waals surface area contributed by atoms with E-state index in [0.717, 1.165) is 19.4 Å². The van der Waals surface area contributed by atoms with E-state index < -0.39 is 6.10 Å². The van der Waals surface area contributed by atoms with E-state index in [4.69, 9.17) is 9.47 Å². The van der Waals surface area contributed by atoms with Crippen molar-refractivity contribution in [1.82, 2.24) is 4.90 Å². The molecule has 4 nitrogen and oxygen atoms in total. The fourth-order valence-corrected chi connectivity index (χ4v) is 5.19. The maximum Gasteiger partial charge on any atom is 0.267 e. The lowest BCUT2D eigenvalue weighted by molar-refractivity contribution is -0.148. The molecule has 2 bridgehead atoms. The third-order valence-electron chi connectivity index (χ3n) is 6.98. The van der Waals surface area contributed by atoms with Crippen molar-refractivity contribution in [1.29, 1.82) is 0 Å². The minimum absolute atomic E-state index is 0.0581. The second-order valence-electron chi connectivity index (χ2n) is 8.28. The molecule has 2 aliphatic heterocycles. The summed E-state index contributed by atoms with van der Waals surface area (Å²) in [6, 6.07) is 16.5. The monoisotopic (exact) mass is 363 g/mol. The zero-order valence-electron chi connectivity index (χ0n) is 15.9. The summed E-state index contributed by atoms with van der Waals surface area (Å²) in [5.74, 6) is 1.85. The third-order valence-corrected chi connectivity index (χ3v) is 6.98. The minimum atomic E-state index is -0.561. The van der Waals surface area contributed by atoms with Crippen LogP contribution in [0.5, 0.6) is 11.5 Å². The number of carbonyl (C=O) groups excluding carboxylic acids is 1. The summed E-state index contributed by atoms with van der Waals surface area (Å²) in [7, 11) is 0. The van der Waals surface area contributed by atoms with Crippen molar-refractivity contribution in [2.75, 3.05) is 13.2 Å². The molecule has 1 amide bonds. The number of piperidine rings is 1. The number of likely N-dealkylation sites (tertiary alicyclic amines) is 1. The largest absolute Gasteiger partial charge is 0.485 e. The summed E-state index contributed by atoms with van der Waals surface area (Å²) in [5, 5.41) is 0. The van der Waals surface area contributed by atoms with Gasteiger partial charge in [0.1, 0.15) is 6.61 Å². The number of amides is 1. The van der Waals surface area contributed by atoms with Crippen LogP contribution >= 0.6 is 0 Å². The predicted octanol–water partition coefficient (Wildman–Crippen LogP) is 3.58. The Morgan fingerprint density at radius 1 is 1.11 bits per heavy atom. The van der Waals surface area contributed by atoms with Gasteiger partial charge in [-0.25, -0.2) is 0 Å². The molecule has 1 saturated heterocycles. The van der Waals surface area contributed by atoms with Crippen LogP contribution in [0.4, 0.5) is 0 Å². The Morgan fingerprint density at radius 3 is 2.70 bits per heavy atom. The second kappa shape index (κ2) is 6.01. The molecule has 0 saturated carbocycles. The number of nitrogens with zero attached hydrogens (tertiary/aromatic N) is 1. The number of hydrogen-bond donors (Lipinski definition) is 0. The first-order chi connectivity index (χ1) is 13.1. The molecule has 2 aromatic rings. The number of hydrogen-bond acceptors (Lipinski definition) is 3. The van der Waals surface area contributed by atoms with Gasteiger partial charge in [0.15, 0.2) is 11.5 Å². The fraction of sp³-hybridized carbons (Fsp3) is 0.435. The lowest BCUT2D eigenvalue weighted by Crippen LogP contribution is -2.62. The van der Waals surface area contributed by atoms with Gasteiger partial charge in [-0.1, -0.05) is 50.2 Å². The Kier molecular flexibility index (Phi) is 3.71. The van der Waals surface area contributed by atoms with Gasteiger partial charge < -0.3 is 14.4 Å². The van der Waals surface area contributed by atoms with E-state index in [1.165, 1.54) is 11.1 Å². The standard InChI is InChI=1S/C23H25NO3/c1-15-18-13-16-7-3-4-8-17(16)23(15,2)11-12-24(18)22(25)21-14-26-19-9-5-6-10-20(19)27-21/h3-10,15,18,21H,11-14H2,1-2H3/t15?,18?,21-,23?/m0/s1. The average Bonchev–Trinajstić information content (AvgIpc) is 2.70. The molecule has 0 radical (unpaired) electrons. The van der Waals surface area contributed by atoms with Gasteiger partial charge in [-0.05, 0) is 47.4 Å². The number of rotatable bonds is 1. The van der Waals surface area contributed by atoms with Gasteiger partial charge in [0.05, 0.1) is 0 Å². The van der Waals surface area contributed by atoms with Gasteiger partial charge in [-0.15, -0.1) is 0 Å². The molecule has 0 N–H and O–H groups in total. The smallest absolute Gasteiger partial charge is 0.267 e. The number of ether oxygens (including phenoxy) is 2. The first-order valence-corrected chi connectivity index (χ1v) is 9.85. The molecule has 3 unspecified atom stereocenters. The lowest BCUT2D eigenvalue weighted by Gasteiger charge is -2.55. The van der Waals surface area contributed by atoms with Crippen LogP contribution in [0.15, 0.2) is 48.5 Å². The molecule has 2 aromatic carbocycles. The van der Waals surface area contributed by atoms with Crippen LogP contribution in [0.25, 0.3) is 0 Å². The van der Waals surface area contributed by atoms with Crippen LogP contribution in [0, 0.1) is 5.92 Å². The first kappa shape index (κ1) is 16.7. The van der Waals surface area contributed by atoms with Crippen molar-refractivity contribution in [2.45, 2.75) is 44.2 Å². The minimum Gasteiger partial charge on any atom is -0.485 e. The molecular weight excluding hydrogens is 338 g/mol. The predicted molar refractivity (Wildman–Crippen MR) is 103 cm³/mol. The summed E-state index contributed by atoms with van der Waals surface area (Å²) >= 11 is 0. The van der Waals surface area contributed by atoms with E-state index in [0.29, 0.717) is 17.4 Å². The highest BCUT2D eigenvalue weighted by Gasteiger charge is 2.50. The Bertz CT molecular complexity index is 895. The summed E-state index contributed by atoms with van der Waals surface area (Å²) < 4.78 is 11.8. The van der Waals surface area contributed by atoms with E-state index in [9.17, 15) is 4.79 Å². The Labute approximate surface area is 160 Å². The molecule has 1 fully saturated rings. The molecule has 3 aliphatic rings. The summed E-state index contributed by atoms with van der Waals surface area (Å²) in [6.07, 6.45) is 1.34. The van der Waals surface area contributed by atoms with Crippen molar-refractivity contribution >= 4 is 5.91 Å². The lowest BCUT2D eigenvalue weighted by atomic mass is 9.59. The van der Waals surface area contributed by atoms with E-state index in [2.05, 4.69) is 43.0 Å². The highest BCUT2D eigenvalue weighted by molar-refractivity contribution is 5.82. The molecule has 0 spiro atoms. The van der Waals surface area contributed by atoms with E-state index >= 15 is 0 Å². The van der Waals surface area contributed by atoms with Crippen molar-refractivity contribution in [3.63, 3.8) is 0 Å². The average molecular weight is 363 g/mol. The Hall–Kier alpha value is -2.49. The van der Waals surface area contributed by atoms with Crippen molar-refractivity contribution in [3.05, 3.63) is 59.7 Å². The Balaban J connectivity index is 1.42. The maximum atomic E-state index is 13.3. The molecule has 4 heteroatoms. The molecule has 0 aromatic heterocycles. The van der Waals surface area contributed by atoms with Crippen LogP contribution < -0.4 is 9.47 Å². The molecule has 2 heterocycles. The first-order valence-electron chi connectivity index (χ1n) is 9.85. The highest BCUT2D eigenvalue weighted by atomic mass is 16.6. The summed E-state index contributed by atoms with van der Waals surface area (Å²) in [5.41, 5.74) is 2.98. The van der Waals surface area contributed by atoms with Gasteiger partial charge in [-0.3, -0.25) is 4.79 Å². The maximum absolute atomic E-state index is 13.3. The Morgan fingerprint density at radius 2 is 1.85 bits per heavy atom. The second-order valence-corrected chi connectivity index (χ2v) is 8.28. The van der Waals surface area contributed by atoms with Gasteiger partial charge >= 0.3 is 0 Å². The van der Waals surface area contributed by atoms with Crippen LogP contribution in [-0.2, 0) is 16.6 Å². The molecule has 140 valence electrons. The molecular formula is C23H25NO3. The fourth-order valence-electron chi connectivity index (χ4n) is 5.19. The van der Waals surface area contributed by atoms with Gasteiger partial charge in [0.2, 0.25) is 6.10 Å². The van der Waals surface area contributed by atoms with Crippen LogP contribution in [0.1, 0.15) is 31.4 Å². The van der Waals surface area contributed by atoms with E-state index in [1.54, 1.807) is 0 Å². The van der Waals surface area contributed by atoms with Crippen molar-refractivity contribution in [3.8, 4) is 11.5 Å². The molecule has 5 rings (SSSR count). The number of carbonyl (C=O) groups is 1. The van der Waals surface area contributed by atoms with Crippen molar-refractivity contribution < 1.29 is 14.3 Å². The number of benzene rings is 2. The molecule has 27 heavy (non-hydrogen) atoms. The number of fused-ring (bicyclic) bond motifs is 5.